The van der Waals surface area contributed by atoms with Crippen LogP contribution in [0.5, 0.6) is 0 Å². The van der Waals surface area contributed by atoms with E-state index in [1.165, 1.54) is 57.4 Å². The van der Waals surface area contributed by atoms with E-state index in [1.807, 2.05) is 12.2 Å². The predicted octanol–water partition coefficient (Wildman–Crippen LogP) is 4.01. The minimum atomic E-state index is -5.11. The maximum atomic E-state index is 12.9. The van der Waals surface area contributed by atoms with Crippen molar-refractivity contribution >= 4 is 16.3 Å². The lowest BCUT2D eigenvalue weighted by atomic mass is 9.99. The summed E-state index contributed by atoms with van der Waals surface area (Å²) in [5.74, 6) is -0.742. The topological polar surface area (TPSA) is 212 Å². The molecule has 8 atom stereocenters. The zero-order valence-electron chi connectivity index (χ0n) is 29.6. The molecule has 0 aromatic rings. The van der Waals surface area contributed by atoms with Crippen LogP contribution in [0.25, 0.3) is 0 Å². The second-order valence-corrected chi connectivity index (χ2v) is 14.0. The van der Waals surface area contributed by atoms with Crippen molar-refractivity contribution in [3.8, 4) is 0 Å². The van der Waals surface area contributed by atoms with E-state index in [0.29, 0.717) is 12.8 Å². The minimum Gasteiger partial charge on any atom is -0.394 e. The predicted molar refractivity (Wildman–Crippen MR) is 187 cm³/mol. The fourth-order valence-electron chi connectivity index (χ4n) is 5.58. The highest BCUT2D eigenvalue weighted by molar-refractivity contribution is 7.80. The summed E-state index contributed by atoms with van der Waals surface area (Å²) in [6, 6.07) is -1.13. The number of nitrogens with one attached hydrogen (secondary N) is 1. The van der Waals surface area contributed by atoms with E-state index in [9.17, 15) is 38.7 Å². The number of aliphatic hydroxyl groups is 5. The van der Waals surface area contributed by atoms with Gasteiger partial charge in [0.15, 0.2) is 6.29 Å². The molecule has 1 heterocycles. The Morgan fingerprint density at radius 2 is 1.35 bits per heavy atom. The van der Waals surface area contributed by atoms with Gasteiger partial charge in [0.05, 0.1) is 25.4 Å². The number of ether oxygens (including phenoxy) is 2. The van der Waals surface area contributed by atoms with Gasteiger partial charge < -0.3 is 40.3 Å². The molecular weight excluding hydrogens is 658 g/mol. The van der Waals surface area contributed by atoms with Gasteiger partial charge >= 0.3 is 10.4 Å². The zero-order chi connectivity index (χ0) is 36.5. The van der Waals surface area contributed by atoms with Crippen molar-refractivity contribution in [2.24, 2.45) is 0 Å². The largest absolute Gasteiger partial charge is 0.397 e. The Morgan fingerprint density at radius 3 is 1.92 bits per heavy atom. The zero-order valence-corrected chi connectivity index (χ0v) is 30.4. The normalized spacial score (nSPS) is 23.6. The van der Waals surface area contributed by atoms with Crippen molar-refractivity contribution in [1.82, 2.24) is 5.32 Å². The van der Waals surface area contributed by atoms with Gasteiger partial charge in [0, 0.05) is 0 Å². The molecule has 1 amide bonds. The third-order valence-corrected chi connectivity index (χ3v) is 9.06. The Morgan fingerprint density at radius 1 is 0.816 bits per heavy atom. The summed E-state index contributed by atoms with van der Waals surface area (Å²) in [6.45, 7) is 3.08. The molecule has 1 rings (SSSR count). The van der Waals surface area contributed by atoms with E-state index >= 15 is 0 Å². The van der Waals surface area contributed by atoms with Gasteiger partial charge in [-0.1, -0.05) is 115 Å². The summed E-state index contributed by atoms with van der Waals surface area (Å²) < 4.78 is 47.1. The standard InChI is InChI=1S/C35H65NO12S/c1-3-5-7-9-11-13-14-15-16-18-19-21-23-28(38)27(36-34(42)29(39)24-22-20-17-12-10-8-6-4-2)26-46-35-32(41)33(48-49(43,44)45)31(40)30(25-37)47-35/h17,20-21,23,27-33,35,37-41H,3-16,18-19,22,24-26H2,1-2H3,(H,36,42)(H,43,44,45)/b20-17-,23-21+. The lowest BCUT2D eigenvalue weighted by Gasteiger charge is -2.41. The molecule has 0 aromatic heterocycles. The van der Waals surface area contributed by atoms with E-state index in [2.05, 4.69) is 23.3 Å². The van der Waals surface area contributed by atoms with Crippen molar-refractivity contribution in [3.05, 3.63) is 24.3 Å². The summed E-state index contributed by atoms with van der Waals surface area (Å²) in [4.78, 5) is 12.9. The van der Waals surface area contributed by atoms with Crippen molar-refractivity contribution in [2.45, 2.75) is 178 Å². The number of rotatable bonds is 29. The number of unbranched alkanes of at least 4 members (excludes halogenated alkanes) is 14. The van der Waals surface area contributed by atoms with Crippen LogP contribution >= 0.6 is 0 Å². The van der Waals surface area contributed by atoms with E-state index in [0.717, 1.165) is 44.9 Å². The number of hydrogen-bond donors (Lipinski definition) is 7. The molecule has 0 spiro atoms. The molecule has 1 aliphatic rings. The van der Waals surface area contributed by atoms with Crippen LogP contribution in [-0.2, 0) is 28.9 Å². The Kier molecular flexibility index (Phi) is 25.3. The van der Waals surface area contributed by atoms with Crippen LogP contribution < -0.4 is 5.32 Å². The molecule has 14 heteroatoms. The number of aliphatic hydroxyl groups excluding tert-OH is 5. The van der Waals surface area contributed by atoms with Gasteiger partial charge in [0.25, 0.3) is 0 Å². The van der Waals surface area contributed by atoms with Crippen molar-refractivity contribution in [1.29, 1.82) is 0 Å². The number of allylic oxidation sites excluding steroid dienone is 3. The summed E-state index contributed by atoms with van der Waals surface area (Å²) in [6.07, 6.45) is 14.6. The molecule has 8 unspecified atom stereocenters. The van der Waals surface area contributed by atoms with Crippen LogP contribution in [0.2, 0.25) is 0 Å². The molecule has 1 aliphatic heterocycles. The number of amides is 1. The van der Waals surface area contributed by atoms with Gasteiger partial charge in [0.1, 0.15) is 30.5 Å². The minimum absolute atomic E-state index is 0.157. The van der Waals surface area contributed by atoms with Gasteiger partial charge in [-0.3, -0.25) is 9.35 Å². The lowest BCUT2D eigenvalue weighted by Crippen LogP contribution is -2.61. The quantitative estimate of drug-likeness (QED) is 0.0332. The first-order valence-electron chi connectivity index (χ1n) is 18.3. The smallest absolute Gasteiger partial charge is 0.394 e. The summed E-state index contributed by atoms with van der Waals surface area (Å²) in [5.41, 5.74) is 0. The van der Waals surface area contributed by atoms with E-state index in [4.69, 9.17) is 14.0 Å². The van der Waals surface area contributed by atoms with Gasteiger partial charge in [-0.05, 0) is 38.5 Å². The Balaban J connectivity index is 2.78. The molecule has 1 saturated heterocycles. The Bertz CT molecular complexity index is 1010. The molecule has 288 valence electrons. The lowest BCUT2D eigenvalue weighted by molar-refractivity contribution is -0.298. The van der Waals surface area contributed by atoms with Gasteiger partial charge in [-0.25, -0.2) is 4.18 Å². The van der Waals surface area contributed by atoms with Gasteiger partial charge in [0.2, 0.25) is 5.91 Å². The molecule has 1 fully saturated rings. The van der Waals surface area contributed by atoms with Crippen LogP contribution in [-0.4, -0.2) is 107 Å². The number of carbonyl (C=O) groups is 1. The first kappa shape index (κ1) is 45.6. The summed E-state index contributed by atoms with van der Waals surface area (Å²) in [7, 11) is -5.11. The average Bonchev–Trinajstić information content (AvgIpc) is 3.06. The fourth-order valence-corrected chi connectivity index (χ4v) is 6.09. The van der Waals surface area contributed by atoms with E-state index in [1.54, 1.807) is 6.08 Å². The second-order valence-electron chi connectivity index (χ2n) is 12.9. The van der Waals surface area contributed by atoms with Gasteiger partial charge in [-0.15, -0.1) is 0 Å². The van der Waals surface area contributed by atoms with E-state index < -0.39 is 78.5 Å². The van der Waals surface area contributed by atoms with Crippen molar-refractivity contribution < 1.29 is 57.0 Å². The molecule has 0 saturated carbocycles. The third-order valence-electron chi connectivity index (χ3n) is 8.59. The van der Waals surface area contributed by atoms with Crippen LogP contribution in [0.4, 0.5) is 0 Å². The Labute approximate surface area is 294 Å². The van der Waals surface area contributed by atoms with E-state index in [-0.39, 0.29) is 6.42 Å². The number of carbonyl (C=O) groups excluding carboxylic acids is 1. The molecule has 0 bridgehead atoms. The fraction of sp³-hybridized carbons (Fsp3) is 0.857. The van der Waals surface area contributed by atoms with Crippen molar-refractivity contribution in [2.75, 3.05) is 13.2 Å². The monoisotopic (exact) mass is 723 g/mol. The maximum Gasteiger partial charge on any atom is 0.397 e. The molecule has 13 nitrogen and oxygen atoms in total. The van der Waals surface area contributed by atoms with Crippen LogP contribution in [0.3, 0.4) is 0 Å². The molecule has 7 N–H and O–H groups in total. The first-order chi connectivity index (χ1) is 23.4. The molecule has 0 radical (unpaired) electrons. The Hall–Kier alpha value is -1.46. The highest BCUT2D eigenvalue weighted by atomic mass is 32.3. The first-order valence-corrected chi connectivity index (χ1v) is 19.7. The summed E-state index contributed by atoms with van der Waals surface area (Å²) >= 11 is 0. The van der Waals surface area contributed by atoms with Crippen LogP contribution in [0, 0.1) is 0 Å². The SMILES string of the molecule is CCCCCC/C=C\CCC(O)C(=O)NC(COC1OC(CO)C(O)C(OS(=O)(=O)O)C1O)C(O)/C=C/CCCCCCCCCCCC. The summed E-state index contributed by atoms with van der Waals surface area (Å²) in [5, 5.41) is 54.6. The molecular formula is C35H65NO12S. The maximum absolute atomic E-state index is 12.9. The molecule has 0 aromatic carbocycles. The van der Waals surface area contributed by atoms with Crippen LogP contribution in [0.15, 0.2) is 24.3 Å². The average molecular weight is 724 g/mol. The second kappa shape index (κ2) is 27.2. The number of hydrogen-bond acceptors (Lipinski definition) is 11. The molecule has 0 aliphatic carbocycles. The highest BCUT2D eigenvalue weighted by Gasteiger charge is 2.48. The van der Waals surface area contributed by atoms with Gasteiger partial charge in [-0.2, -0.15) is 8.42 Å². The molecule has 49 heavy (non-hydrogen) atoms. The highest BCUT2D eigenvalue weighted by Crippen LogP contribution is 2.26. The van der Waals surface area contributed by atoms with Crippen LogP contribution in [0.1, 0.15) is 129 Å². The third kappa shape index (κ3) is 20.9. The van der Waals surface area contributed by atoms with Crippen molar-refractivity contribution in [3.63, 3.8) is 0 Å².